The number of aromatic nitrogens is 2. The summed E-state index contributed by atoms with van der Waals surface area (Å²) in [6.07, 6.45) is 11.2. The molecule has 21 heavy (non-hydrogen) atoms. The van der Waals surface area contributed by atoms with Gasteiger partial charge in [-0.25, -0.2) is 0 Å². The summed E-state index contributed by atoms with van der Waals surface area (Å²) in [6, 6.07) is 0. The van der Waals surface area contributed by atoms with Crippen molar-refractivity contribution in [1.29, 1.82) is 0 Å². The lowest BCUT2D eigenvalue weighted by Crippen LogP contribution is -2.33. The Morgan fingerprint density at radius 3 is 2.81 bits per heavy atom. The molecular formula is C18H33N3. The normalized spacial score (nSPS) is 26.4. The first-order valence-corrected chi connectivity index (χ1v) is 8.79. The molecule has 3 nitrogen and oxygen atoms in total. The minimum absolute atomic E-state index is 0.698. The minimum atomic E-state index is 0.698. The number of aryl methyl sites for hydroxylation is 1. The summed E-state index contributed by atoms with van der Waals surface area (Å²) in [5.41, 5.74) is 1.45. The number of nitrogens with zero attached hydrogens (tertiary/aromatic N) is 2. The van der Waals surface area contributed by atoms with Gasteiger partial charge in [0.1, 0.15) is 0 Å². The SMILES string of the molecule is CCCC1CCC(CNCC(C)C)C(c2cnn(C)c2)C1. The topological polar surface area (TPSA) is 29.9 Å². The van der Waals surface area contributed by atoms with Gasteiger partial charge in [-0.15, -0.1) is 0 Å². The number of nitrogens with one attached hydrogen (secondary N) is 1. The van der Waals surface area contributed by atoms with Crippen LogP contribution in [0.5, 0.6) is 0 Å². The van der Waals surface area contributed by atoms with Crippen molar-refractivity contribution in [2.24, 2.45) is 24.8 Å². The molecule has 0 saturated heterocycles. The smallest absolute Gasteiger partial charge is 0.0524 e. The summed E-state index contributed by atoms with van der Waals surface area (Å²) in [5.74, 6) is 3.13. The van der Waals surface area contributed by atoms with E-state index in [4.69, 9.17) is 0 Å². The maximum absolute atomic E-state index is 4.40. The van der Waals surface area contributed by atoms with Crippen LogP contribution in [0.4, 0.5) is 0 Å². The highest BCUT2D eigenvalue weighted by molar-refractivity contribution is 5.14. The fourth-order valence-electron chi connectivity index (χ4n) is 3.83. The average Bonchev–Trinajstić information content (AvgIpc) is 2.86. The number of hydrogen-bond acceptors (Lipinski definition) is 2. The van der Waals surface area contributed by atoms with Crippen molar-refractivity contribution >= 4 is 0 Å². The lowest BCUT2D eigenvalue weighted by atomic mass is 9.70. The van der Waals surface area contributed by atoms with Gasteiger partial charge in [-0.05, 0) is 55.2 Å². The van der Waals surface area contributed by atoms with Gasteiger partial charge in [-0.2, -0.15) is 5.10 Å². The van der Waals surface area contributed by atoms with Crippen LogP contribution in [-0.2, 0) is 7.05 Å². The van der Waals surface area contributed by atoms with Gasteiger partial charge in [0.2, 0.25) is 0 Å². The van der Waals surface area contributed by atoms with E-state index in [2.05, 4.69) is 43.6 Å². The first kappa shape index (κ1) is 16.5. The highest BCUT2D eigenvalue weighted by Crippen LogP contribution is 2.41. The molecule has 1 heterocycles. The largest absolute Gasteiger partial charge is 0.316 e. The van der Waals surface area contributed by atoms with Crippen molar-refractivity contribution in [2.45, 2.75) is 58.8 Å². The summed E-state index contributed by atoms with van der Waals surface area (Å²) in [4.78, 5) is 0. The van der Waals surface area contributed by atoms with E-state index < -0.39 is 0 Å². The van der Waals surface area contributed by atoms with Crippen LogP contribution in [0.25, 0.3) is 0 Å². The van der Waals surface area contributed by atoms with E-state index in [1.807, 2.05) is 11.7 Å². The molecule has 0 amide bonds. The van der Waals surface area contributed by atoms with E-state index in [1.165, 1.54) is 37.7 Å². The Bertz CT molecular complexity index is 410. The Morgan fingerprint density at radius 2 is 2.19 bits per heavy atom. The van der Waals surface area contributed by atoms with Gasteiger partial charge in [0.05, 0.1) is 6.20 Å². The van der Waals surface area contributed by atoms with Gasteiger partial charge in [-0.3, -0.25) is 4.68 Å². The zero-order valence-corrected chi connectivity index (χ0v) is 14.3. The summed E-state index contributed by atoms with van der Waals surface area (Å²) < 4.78 is 1.96. The third-order valence-electron chi connectivity index (χ3n) is 4.91. The standard InChI is InChI=1S/C18H33N3/c1-5-6-15-7-8-16(11-19-10-14(2)3)18(9-15)17-12-20-21(4)13-17/h12-16,18-19H,5-11H2,1-4H3. The van der Waals surface area contributed by atoms with E-state index in [0.717, 1.165) is 30.8 Å². The molecule has 0 bridgehead atoms. The summed E-state index contributed by atoms with van der Waals surface area (Å²) in [7, 11) is 2.03. The molecule has 120 valence electrons. The molecule has 2 rings (SSSR count). The van der Waals surface area contributed by atoms with Gasteiger partial charge >= 0.3 is 0 Å². The van der Waals surface area contributed by atoms with Crippen LogP contribution in [0.2, 0.25) is 0 Å². The van der Waals surface area contributed by atoms with Crippen LogP contribution >= 0.6 is 0 Å². The molecule has 1 N–H and O–H groups in total. The van der Waals surface area contributed by atoms with Crippen molar-refractivity contribution in [3.8, 4) is 0 Å². The van der Waals surface area contributed by atoms with E-state index in [1.54, 1.807) is 0 Å². The van der Waals surface area contributed by atoms with Crippen LogP contribution in [0.1, 0.15) is 64.4 Å². The minimum Gasteiger partial charge on any atom is -0.316 e. The van der Waals surface area contributed by atoms with Crippen molar-refractivity contribution < 1.29 is 0 Å². The fourth-order valence-corrected chi connectivity index (χ4v) is 3.83. The van der Waals surface area contributed by atoms with E-state index in [0.29, 0.717) is 5.92 Å². The van der Waals surface area contributed by atoms with Crippen LogP contribution in [0.3, 0.4) is 0 Å². The van der Waals surface area contributed by atoms with Gasteiger partial charge in [0.15, 0.2) is 0 Å². The van der Waals surface area contributed by atoms with Crippen LogP contribution in [0, 0.1) is 17.8 Å². The van der Waals surface area contributed by atoms with Gasteiger partial charge in [0, 0.05) is 13.2 Å². The molecule has 3 heteroatoms. The molecule has 3 unspecified atom stereocenters. The lowest BCUT2D eigenvalue weighted by Gasteiger charge is -2.36. The molecule has 0 aromatic carbocycles. The molecule has 1 saturated carbocycles. The zero-order chi connectivity index (χ0) is 15.2. The molecule has 1 aliphatic carbocycles. The van der Waals surface area contributed by atoms with E-state index in [-0.39, 0.29) is 0 Å². The molecule has 0 spiro atoms. The Morgan fingerprint density at radius 1 is 1.38 bits per heavy atom. The van der Waals surface area contributed by atoms with E-state index >= 15 is 0 Å². The fraction of sp³-hybridized carbons (Fsp3) is 0.833. The van der Waals surface area contributed by atoms with Crippen molar-refractivity contribution in [3.63, 3.8) is 0 Å². The van der Waals surface area contributed by atoms with Gasteiger partial charge in [0.25, 0.3) is 0 Å². The van der Waals surface area contributed by atoms with Crippen LogP contribution < -0.4 is 5.32 Å². The quantitative estimate of drug-likeness (QED) is 0.824. The van der Waals surface area contributed by atoms with Crippen molar-refractivity contribution in [2.75, 3.05) is 13.1 Å². The van der Waals surface area contributed by atoms with Crippen molar-refractivity contribution in [1.82, 2.24) is 15.1 Å². The monoisotopic (exact) mass is 291 g/mol. The lowest BCUT2D eigenvalue weighted by molar-refractivity contribution is 0.219. The van der Waals surface area contributed by atoms with Gasteiger partial charge < -0.3 is 5.32 Å². The number of rotatable bonds is 7. The number of hydrogen-bond donors (Lipinski definition) is 1. The second-order valence-electron chi connectivity index (χ2n) is 7.33. The average molecular weight is 291 g/mol. The maximum atomic E-state index is 4.40. The molecule has 1 fully saturated rings. The summed E-state index contributed by atoms with van der Waals surface area (Å²) in [6.45, 7) is 9.17. The Hall–Kier alpha value is -0.830. The zero-order valence-electron chi connectivity index (χ0n) is 14.3. The molecule has 1 aromatic heterocycles. The van der Waals surface area contributed by atoms with Gasteiger partial charge in [-0.1, -0.05) is 40.0 Å². The Labute approximate surface area is 130 Å². The third-order valence-corrected chi connectivity index (χ3v) is 4.91. The predicted molar refractivity (Wildman–Crippen MR) is 89.4 cm³/mol. The highest BCUT2D eigenvalue weighted by atomic mass is 15.2. The second kappa shape index (κ2) is 7.98. The first-order valence-electron chi connectivity index (χ1n) is 8.79. The first-order chi connectivity index (χ1) is 10.1. The molecule has 1 aliphatic rings. The molecule has 0 aliphatic heterocycles. The highest BCUT2D eigenvalue weighted by Gasteiger charge is 2.31. The van der Waals surface area contributed by atoms with Crippen molar-refractivity contribution in [3.05, 3.63) is 18.0 Å². The molecule has 1 aromatic rings. The molecule has 3 atom stereocenters. The molecular weight excluding hydrogens is 258 g/mol. The Balaban J connectivity index is 2.00. The summed E-state index contributed by atoms with van der Waals surface area (Å²) >= 11 is 0. The van der Waals surface area contributed by atoms with Crippen LogP contribution in [0.15, 0.2) is 12.4 Å². The third kappa shape index (κ3) is 4.84. The molecule has 0 radical (unpaired) electrons. The maximum Gasteiger partial charge on any atom is 0.0524 e. The summed E-state index contributed by atoms with van der Waals surface area (Å²) in [5, 5.41) is 8.08. The predicted octanol–water partition coefficient (Wildman–Crippen LogP) is 3.97. The van der Waals surface area contributed by atoms with E-state index in [9.17, 15) is 0 Å². The Kier molecular flexibility index (Phi) is 6.28. The van der Waals surface area contributed by atoms with Crippen LogP contribution in [-0.4, -0.2) is 22.9 Å². The second-order valence-corrected chi connectivity index (χ2v) is 7.33.